The van der Waals surface area contributed by atoms with Gasteiger partial charge in [0, 0.05) is 0 Å². The van der Waals surface area contributed by atoms with E-state index in [9.17, 15) is 4.79 Å². The minimum atomic E-state index is -0.194. The van der Waals surface area contributed by atoms with Crippen LogP contribution in [0.25, 0.3) is 0 Å². The van der Waals surface area contributed by atoms with Gasteiger partial charge < -0.3 is 10.1 Å². The predicted octanol–water partition coefficient (Wildman–Crippen LogP) is 0.579. The second-order valence-corrected chi connectivity index (χ2v) is 1.76. The van der Waals surface area contributed by atoms with E-state index in [0.717, 1.165) is 0 Å². The molecule has 0 spiro atoms. The maximum atomic E-state index is 10.7. The van der Waals surface area contributed by atoms with E-state index in [4.69, 9.17) is 4.74 Å². The fourth-order valence-electron chi connectivity index (χ4n) is 0.385. The highest BCUT2D eigenvalue weighted by atomic mass is 35.5. The van der Waals surface area contributed by atoms with Crippen molar-refractivity contribution in [3.8, 4) is 0 Å². The van der Waals surface area contributed by atoms with Crippen LogP contribution in [0.1, 0.15) is 13.8 Å². The number of rotatable bonds is 3. The van der Waals surface area contributed by atoms with Crippen LogP contribution in [0.15, 0.2) is 0 Å². The first-order valence-electron chi connectivity index (χ1n) is 3.06. The number of carbonyl (C=O) groups is 1. The maximum Gasteiger partial charge on any atom is 0.322 e. The van der Waals surface area contributed by atoms with E-state index in [1.165, 1.54) is 0 Å². The summed E-state index contributed by atoms with van der Waals surface area (Å²) >= 11 is 0. The summed E-state index contributed by atoms with van der Waals surface area (Å²) in [4.78, 5) is 10.7. The molecule has 1 N–H and O–H groups in total. The molecule has 0 aliphatic carbocycles. The third-order valence-corrected chi connectivity index (χ3v) is 1.07. The van der Waals surface area contributed by atoms with Crippen molar-refractivity contribution < 1.29 is 9.53 Å². The Morgan fingerprint density at radius 1 is 1.70 bits per heavy atom. The van der Waals surface area contributed by atoms with Gasteiger partial charge >= 0.3 is 5.97 Å². The van der Waals surface area contributed by atoms with Crippen LogP contribution in [0, 0.1) is 0 Å². The van der Waals surface area contributed by atoms with Crippen molar-refractivity contribution in [2.24, 2.45) is 0 Å². The smallest absolute Gasteiger partial charge is 0.322 e. The molecule has 0 aromatic rings. The lowest BCUT2D eigenvalue weighted by Gasteiger charge is -2.07. The molecule has 62 valence electrons. The number of ether oxygens (including phenoxy) is 1. The molecule has 0 fully saturated rings. The van der Waals surface area contributed by atoms with E-state index in [2.05, 4.69) is 5.32 Å². The molecule has 0 amide bonds. The van der Waals surface area contributed by atoms with Gasteiger partial charge in [-0.3, -0.25) is 4.79 Å². The Hall–Kier alpha value is -0.280. The highest BCUT2D eigenvalue weighted by Crippen LogP contribution is 1.84. The maximum absolute atomic E-state index is 10.7. The van der Waals surface area contributed by atoms with Gasteiger partial charge in [-0.2, -0.15) is 0 Å². The fourth-order valence-corrected chi connectivity index (χ4v) is 0.385. The molecule has 0 saturated carbocycles. The quantitative estimate of drug-likeness (QED) is 0.625. The molecule has 0 heterocycles. The lowest BCUT2D eigenvalue weighted by atomic mass is 10.3. The summed E-state index contributed by atoms with van der Waals surface area (Å²) in [6.07, 6.45) is 0. The van der Waals surface area contributed by atoms with Gasteiger partial charge in [-0.05, 0) is 20.9 Å². The van der Waals surface area contributed by atoms with E-state index in [-0.39, 0.29) is 24.4 Å². The SMILES string of the molecule is CCOC(=O)[C@H](C)NC.Cl. The van der Waals surface area contributed by atoms with Crippen molar-refractivity contribution in [2.75, 3.05) is 13.7 Å². The standard InChI is InChI=1S/C6H13NO2.ClH/c1-4-9-6(8)5(2)7-3;/h5,7H,4H2,1-3H3;1H/t5-;/m0./s1. The molecule has 3 nitrogen and oxygen atoms in total. The molecule has 0 aliphatic rings. The van der Waals surface area contributed by atoms with Gasteiger partial charge in [0.15, 0.2) is 0 Å². The molecule has 0 aromatic carbocycles. The summed E-state index contributed by atoms with van der Waals surface area (Å²) in [6.45, 7) is 4.00. The summed E-state index contributed by atoms with van der Waals surface area (Å²) in [5.41, 5.74) is 0. The highest BCUT2D eigenvalue weighted by Gasteiger charge is 2.09. The Kier molecular flexibility index (Phi) is 8.48. The summed E-state index contributed by atoms with van der Waals surface area (Å²) in [6, 6.07) is -0.190. The number of nitrogens with one attached hydrogen (secondary N) is 1. The molecular formula is C6H14ClNO2. The number of carbonyl (C=O) groups excluding carboxylic acids is 1. The van der Waals surface area contributed by atoms with Gasteiger partial charge in [-0.1, -0.05) is 0 Å². The first-order chi connectivity index (χ1) is 4.22. The minimum Gasteiger partial charge on any atom is -0.465 e. The molecule has 10 heavy (non-hydrogen) atoms. The first-order valence-corrected chi connectivity index (χ1v) is 3.06. The van der Waals surface area contributed by atoms with Crippen LogP contribution in [0.5, 0.6) is 0 Å². The summed E-state index contributed by atoms with van der Waals surface area (Å²) < 4.78 is 4.69. The zero-order chi connectivity index (χ0) is 7.28. The van der Waals surface area contributed by atoms with E-state index >= 15 is 0 Å². The van der Waals surface area contributed by atoms with Crippen molar-refractivity contribution in [3.63, 3.8) is 0 Å². The number of hydrogen-bond donors (Lipinski definition) is 1. The van der Waals surface area contributed by atoms with Gasteiger partial charge in [0.2, 0.25) is 0 Å². The van der Waals surface area contributed by atoms with Crippen molar-refractivity contribution >= 4 is 18.4 Å². The zero-order valence-electron chi connectivity index (χ0n) is 6.51. The molecule has 0 radical (unpaired) electrons. The Bertz CT molecular complexity index is 97.7. The Morgan fingerprint density at radius 3 is 2.50 bits per heavy atom. The van der Waals surface area contributed by atoms with E-state index in [1.807, 2.05) is 0 Å². The van der Waals surface area contributed by atoms with Crippen LogP contribution in [0.2, 0.25) is 0 Å². The Balaban J connectivity index is 0. The second kappa shape index (κ2) is 6.83. The van der Waals surface area contributed by atoms with Crippen molar-refractivity contribution in [1.29, 1.82) is 0 Å². The van der Waals surface area contributed by atoms with Crippen molar-refractivity contribution in [1.82, 2.24) is 5.32 Å². The molecule has 4 heteroatoms. The lowest BCUT2D eigenvalue weighted by Crippen LogP contribution is -2.32. The molecule has 0 aliphatic heterocycles. The summed E-state index contributed by atoms with van der Waals surface area (Å²) in [5, 5.41) is 2.77. The lowest BCUT2D eigenvalue weighted by molar-refractivity contribution is -0.144. The number of likely N-dealkylation sites (N-methyl/N-ethyl adjacent to an activating group) is 1. The Morgan fingerprint density at radius 2 is 2.20 bits per heavy atom. The van der Waals surface area contributed by atoms with Crippen LogP contribution in [0.4, 0.5) is 0 Å². The molecule has 0 bridgehead atoms. The van der Waals surface area contributed by atoms with E-state index in [0.29, 0.717) is 6.61 Å². The van der Waals surface area contributed by atoms with Gasteiger partial charge in [-0.15, -0.1) is 12.4 Å². The summed E-state index contributed by atoms with van der Waals surface area (Å²) in [7, 11) is 1.72. The number of hydrogen-bond acceptors (Lipinski definition) is 3. The van der Waals surface area contributed by atoms with E-state index in [1.54, 1.807) is 20.9 Å². The molecule has 0 aromatic heterocycles. The third-order valence-electron chi connectivity index (χ3n) is 1.07. The Labute approximate surface area is 67.5 Å². The average molecular weight is 168 g/mol. The minimum absolute atomic E-state index is 0. The third kappa shape index (κ3) is 4.58. The van der Waals surface area contributed by atoms with Gasteiger partial charge in [-0.25, -0.2) is 0 Å². The molecule has 0 saturated heterocycles. The first kappa shape index (κ1) is 12.4. The second-order valence-electron chi connectivity index (χ2n) is 1.76. The summed E-state index contributed by atoms with van der Waals surface area (Å²) in [5.74, 6) is -0.194. The number of halogens is 1. The van der Waals surface area contributed by atoms with E-state index < -0.39 is 0 Å². The molecule has 0 rings (SSSR count). The largest absolute Gasteiger partial charge is 0.465 e. The number of esters is 1. The average Bonchev–Trinajstić information content (AvgIpc) is 1.87. The van der Waals surface area contributed by atoms with Crippen LogP contribution >= 0.6 is 12.4 Å². The molecule has 1 atom stereocenters. The van der Waals surface area contributed by atoms with Crippen LogP contribution in [0.3, 0.4) is 0 Å². The van der Waals surface area contributed by atoms with Gasteiger partial charge in [0.05, 0.1) is 6.61 Å². The predicted molar refractivity (Wildman–Crippen MR) is 42.4 cm³/mol. The van der Waals surface area contributed by atoms with Crippen LogP contribution in [-0.4, -0.2) is 25.7 Å². The monoisotopic (exact) mass is 167 g/mol. The van der Waals surface area contributed by atoms with Crippen molar-refractivity contribution in [2.45, 2.75) is 19.9 Å². The van der Waals surface area contributed by atoms with Crippen LogP contribution in [-0.2, 0) is 9.53 Å². The zero-order valence-corrected chi connectivity index (χ0v) is 7.33. The van der Waals surface area contributed by atoms with Gasteiger partial charge in [0.25, 0.3) is 0 Å². The fraction of sp³-hybridized carbons (Fsp3) is 0.833. The topological polar surface area (TPSA) is 38.3 Å². The molecule has 0 unspecified atom stereocenters. The highest BCUT2D eigenvalue weighted by molar-refractivity contribution is 5.85. The van der Waals surface area contributed by atoms with Crippen LogP contribution < -0.4 is 5.32 Å². The normalized spacial score (nSPS) is 11.5. The van der Waals surface area contributed by atoms with Gasteiger partial charge in [0.1, 0.15) is 6.04 Å². The molecular weight excluding hydrogens is 154 g/mol. The van der Waals surface area contributed by atoms with Crippen molar-refractivity contribution in [3.05, 3.63) is 0 Å².